The molecule has 0 radical (unpaired) electrons. The van der Waals surface area contributed by atoms with E-state index in [0.717, 1.165) is 5.00 Å². The molecule has 2 heterocycles. The normalized spacial score (nSPS) is 18.3. The van der Waals surface area contributed by atoms with Gasteiger partial charge in [0.2, 0.25) is 0 Å². The van der Waals surface area contributed by atoms with Gasteiger partial charge in [0.15, 0.2) is 21.4 Å². The molecular formula is C13H20N2O4S2. The molecule has 2 N–H and O–H groups in total. The molecule has 118 valence electrons. The van der Waals surface area contributed by atoms with Crippen LogP contribution in [-0.2, 0) is 9.84 Å². The van der Waals surface area contributed by atoms with Crippen molar-refractivity contribution in [3.8, 4) is 5.75 Å². The highest BCUT2D eigenvalue weighted by atomic mass is 32.2. The molecule has 1 aromatic heterocycles. The highest BCUT2D eigenvalue weighted by molar-refractivity contribution is 7.91. The summed E-state index contributed by atoms with van der Waals surface area (Å²) in [4.78, 5) is 14.4. The van der Waals surface area contributed by atoms with Gasteiger partial charge in [0.05, 0.1) is 29.2 Å². The number of sulfone groups is 1. The molecule has 0 amide bonds. The van der Waals surface area contributed by atoms with Crippen molar-refractivity contribution in [3.63, 3.8) is 0 Å². The summed E-state index contributed by atoms with van der Waals surface area (Å²) in [5.41, 5.74) is 6.37. The Morgan fingerprint density at radius 3 is 2.71 bits per heavy atom. The molecule has 21 heavy (non-hydrogen) atoms. The molecule has 0 atom stereocenters. The summed E-state index contributed by atoms with van der Waals surface area (Å²) in [7, 11) is -1.47. The second kappa shape index (κ2) is 6.23. The van der Waals surface area contributed by atoms with Gasteiger partial charge in [-0.05, 0) is 6.42 Å². The first-order chi connectivity index (χ1) is 9.89. The standard InChI is InChI=1S/C13H20N2O4S2/c1-3-9(16)12-10(14)11(19-2)13(20-12)15-5-4-7-21(17,18)8-6-15/h3-8,14H2,1-2H3. The smallest absolute Gasteiger partial charge is 0.177 e. The number of carbonyl (C=O) groups is 1. The zero-order valence-electron chi connectivity index (χ0n) is 12.2. The fourth-order valence-corrected chi connectivity index (χ4v) is 4.85. The third kappa shape index (κ3) is 3.32. The topological polar surface area (TPSA) is 89.7 Å². The number of nitrogens with two attached hydrogens (primary N) is 1. The average molecular weight is 332 g/mol. The summed E-state index contributed by atoms with van der Waals surface area (Å²) in [5.74, 6) is 0.777. The number of hydrogen-bond acceptors (Lipinski definition) is 7. The van der Waals surface area contributed by atoms with Crippen LogP contribution >= 0.6 is 11.3 Å². The van der Waals surface area contributed by atoms with E-state index in [9.17, 15) is 13.2 Å². The number of ketones is 1. The summed E-state index contributed by atoms with van der Waals surface area (Å²) in [6, 6.07) is 0. The lowest BCUT2D eigenvalue weighted by Gasteiger charge is -2.21. The van der Waals surface area contributed by atoms with Gasteiger partial charge >= 0.3 is 0 Å². The highest BCUT2D eigenvalue weighted by Gasteiger charge is 2.27. The zero-order chi connectivity index (χ0) is 15.6. The third-order valence-electron chi connectivity index (χ3n) is 3.50. The van der Waals surface area contributed by atoms with Crippen molar-refractivity contribution in [3.05, 3.63) is 4.88 Å². The first-order valence-corrected chi connectivity index (χ1v) is 9.48. The van der Waals surface area contributed by atoms with Crippen molar-refractivity contribution >= 4 is 37.6 Å². The predicted molar refractivity (Wildman–Crippen MR) is 85.4 cm³/mol. The van der Waals surface area contributed by atoms with E-state index in [1.54, 1.807) is 6.92 Å². The third-order valence-corrected chi connectivity index (χ3v) is 6.51. The molecule has 1 aliphatic rings. The molecule has 0 saturated carbocycles. The number of nitrogens with zero attached hydrogens (tertiary/aromatic N) is 1. The van der Waals surface area contributed by atoms with E-state index in [4.69, 9.17) is 10.5 Å². The van der Waals surface area contributed by atoms with Crippen LogP contribution in [0.15, 0.2) is 0 Å². The van der Waals surface area contributed by atoms with Crippen molar-refractivity contribution in [1.82, 2.24) is 0 Å². The van der Waals surface area contributed by atoms with E-state index in [1.165, 1.54) is 18.4 Å². The maximum Gasteiger partial charge on any atom is 0.177 e. The Balaban J connectivity index is 2.37. The van der Waals surface area contributed by atoms with E-state index >= 15 is 0 Å². The fourth-order valence-electron chi connectivity index (χ4n) is 2.33. The number of carbonyl (C=O) groups excluding carboxylic acids is 1. The molecule has 1 aromatic rings. The molecule has 0 aromatic carbocycles. The van der Waals surface area contributed by atoms with Gasteiger partial charge in [0.1, 0.15) is 5.00 Å². The molecule has 0 unspecified atom stereocenters. The van der Waals surface area contributed by atoms with E-state index in [0.29, 0.717) is 42.2 Å². The van der Waals surface area contributed by atoms with Gasteiger partial charge in [-0.1, -0.05) is 6.92 Å². The van der Waals surface area contributed by atoms with Crippen LogP contribution in [0, 0.1) is 0 Å². The summed E-state index contributed by atoms with van der Waals surface area (Å²) in [6.07, 6.45) is 0.946. The number of nitrogen functional groups attached to an aromatic ring is 1. The number of methoxy groups -OCH3 is 1. The van der Waals surface area contributed by atoms with Gasteiger partial charge in [-0.15, -0.1) is 11.3 Å². The minimum absolute atomic E-state index is 0.0236. The monoisotopic (exact) mass is 332 g/mol. The number of anilines is 2. The number of Topliss-reactive ketones (excluding diaryl/α,β-unsaturated/α-hetero) is 1. The zero-order valence-corrected chi connectivity index (χ0v) is 13.8. The maximum absolute atomic E-state index is 11.9. The predicted octanol–water partition coefficient (Wildman–Crippen LogP) is 1.56. The van der Waals surface area contributed by atoms with Crippen LogP contribution < -0.4 is 15.4 Å². The molecule has 1 saturated heterocycles. The molecule has 6 nitrogen and oxygen atoms in total. The average Bonchev–Trinajstić information content (AvgIpc) is 2.66. The summed E-state index contributed by atoms with van der Waals surface area (Å²) in [6.45, 7) is 2.81. The van der Waals surface area contributed by atoms with Gasteiger partial charge in [-0.3, -0.25) is 4.79 Å². The molecule has 2 rings (SSSR count). The number of rotatable bonds is 4. The molecular weight excluding hydrogens is 312 g/mol. The lowest BCUT2D eigenvalue weighted by Crippen LogP contribution is -2.26. The lowest BCUT2D eigenvalue weighted by atomic mass is 10.2. The van der Waals surface area contributed by atoms with Crippen molar-refractivity contribution in [2.24, 2.45) is 0 Å². The Bertz CT molecular complexity index is 637. The number of ether oxygens (including phenoxy) is 1. The van der Waals surface area contributed by atoms with Crippen molar-refractivity contribution < 1.29 is 17.9 Å². The van der Waals surface area contributed by atoms with Gasteiger partial charge in [0.25, 0.3) is 0 Å². The highest BCUT2D eigenvalue weighted by Crippen LogP contribution is 2.45. The summed E-state index contributed by atoms with van der Waals surface area (Å²) < 4.78 is 28.7. The Morgan fingerprint density at radius 2 is 2.10 bits per heavy atom. The number of thiophene rings is 1. The van der Waals surface area contributed by atoms with Crippen LogP contribution in [-0.4, -0.2) is 45.9 Å². The SMILES string of the molecule is CCC(=O)c1sc(N2CCCS(=O)(=O)CC2)c(OC)c1N. The summed E-state index contributed by atoms with van der Waals surface area (Å²) >= 11 is 1.29. The van der Waals surface area contributed by atoms with Gasteiger partial charge in [-0.25, -0.2) is 8.42 Å². The minimum Gasteiger partial charge on any atom is -0.492 e. The fraction of sp³-hybridized carbons (Fsp3) is 0.615. The van der Waals surface area contributed by atoms with E-state index in [1.807, 2.05) is 4.90 Å². The van der Waals surface area contributed by atoms with Gasteiger partial charge < -0.3 is 15.4 Å². The quantitative estimate of drug-likeness (QED) is 0.842. The second-order valence-corrected chi connectivity index (χ2v) is 8.26. The van der Waals surface area contributed by atoms with Crippen LogP contribution in [0.2, 0.25) is 0 Å². The molecule has 0 bridgehead atoms. The molecule has 0 aliphatic carbocycles. The molecule has 8 heteroatoms. The molecule has 1 fully saturated rings. The van der Waals surface area contributed by atoms with E-state index in [2.05, 4.69) is 0 Å². The Labute approximate surface area is 128 Å². The van der Waals surface area contributed by atoms with Crippen LogP contribution in [0.1, 0.15) is 29.4 Å². The summed E-state index contributed by atoms with van der Waals surface area (Å²) in [5, 5.41) is 0.754. The van der Waals surface area contributed by atoms with Crippen LogP contribution in [0.4, 0.5) is 10.7 Å². The van der Waals surface area contributed by atoms with Gasteiger partial charge in [0, 0.05) is 19.5 Å². The largest absolute Gasteiger partial charge is 0.492 e. The van der Waals surface area contributed by atoms with Crippen LogP contribution in [0.5, 0.6) is 5.75 Å². The van der Waals surface area contributed by atoms with Gasteiger partial charge in [-0.2, -0.15) is 0 Å². The minimum atomic E-state index is -2.98. The first-order valence-electron chi connectivity index (χ1n) is 6.84. The Hall–Kier alpha value is -1.28. The maximum atomic E-state index is 11.9. The Kier molecular flexibility index (Phi) is 4.77. The second-order valence-electron chi connectivity index (χ2n) is 4.95. The number of hydrogen-bond donors (Lipinski definition) is 1. The van der Waals surface area contributed by atoms with Crippen molar-refractivity contribution in [2.45, 2.75) is 19.8 Å². The van der Waals surface area contributed by atoms with Crippen molar-refractivity contribution in [1.29, 1.82) is 0 Å². The van der Waals surface area contributed by atoms with Crippen molar-refractivity contribution in [2.75, 3.05) is 42.3 Å². The first kappa shape index (κ1) is 16.1. The van der Waals surface area contributed by atoms with E-state index < -0.39 is 9.84 Å². The Morgan fingerprint density at radius 1 is 1.38 bits per heavy atom. The van der Waals surface area contributed by atoms with E-state index in [-0.39, 0.29) is 17.3 Å². The molecule has 0 spiro atoms. The van der Waals surface area contributed by atoms with Crippen LogP contribution in [0.25, 0.3) is 0 Å². The molecule has 1 aliphatic heterocycles. The van der Waals surface area contributed by atoms with Crippen LogP contribution in [0.3, 0.4) is 0 Å². The lowest BCUT2D eigenvalue weighted by molar-refractivity contribution is 0.0992.